The lowest BCUT2D eigenvalue weighted by Crippen LogP contribution is -2.25. The van der Waals surface area contributed by atoms with E-state index in [0.717, 1.165) is 35.5 Å². The van der Waals surface area contributed by atoms with Crippen molar-refractivity contribution < 1.29 is 4.79 Å². The Morgan fingerprint density at radius 3 is 2.76 bits per heavy atom. The largest absolute Gasteiger partial charge is 0.356 e. The number of rotatable bonds is 8. The standard InChI is InChI=1S/C20H21N3OS/c24-19(10-4-6-16-7-5-12-21-14-16)22-13-11-18-15-25-20(23-18)17-8-2-1-3-9-17/h1-3,5,7-9,12,14-15H,4,6,10-11,13H2,(H,22,24). The zero-order valence-electron chi connectivity index (χ0n) is 14.0. The molecule has 128 valence electrons. The van der Waals surface area contributed by atoms with E-state index in [9.17, 15) is 4.79 Å². The fourth-order valence-corrected chi connectivity index (χ4v) is 3.41. The van der Waals surface area contributed by atoms with Gasteiger partial charge in [-0.1, -0.05) is 36.4 Å². The van der Waals surface area contributed by atoms with E-state index in [-0.39, 0.29) is 5.91 Å². The number of aromatic nitrogens is 2. The first kappa shape index (κ1) is 17.3. The normalized spacial score (nSPS) is 10.6. The van der Waals surface area contributed by atoms with Gasteiger partial charge in [-0.05, 0) is 24.5 Å². The first-order chi connectivity index (χ1) is 12.3. The summed E-state index contributed by atoms with van der Waals surface area (Å²) in [6.07, 6.45) is 6.64. The molecule has 0 unspecified atom stereocenters. The summed E-state index contributed by atoms with van der Waals surface area (Å²) in [7, 11) is 0. The number of nitrogens with zero attached hydrogens (tertiary/aromatic N) is 2. The van der Waals surface area contributed by atoms with Gasteiger partial charge in [0.2, 0.25) is 5.91 Å². The Morgan fingerprint density at radius 1 is 1.08 bits per heavy atom. The number of carbonyl (C=O) groups excluding carboxylic acids is 1. The number of aryl methyl sites for hydroxylation is 1. The zero-order valence-corrected chi connectivity index (χ0v) is 14.8. The van der Waals surface area contributed by atoms with Crippen LogP contribution < -0.4 is 5.32 Å². The van der Waals surface area contributed by atoms with E-state index in [1.807, 2.05) is 36.5 Å². The van der Waals surface area contributed by atoms with Crippen molar-refractivity contribution in [3.05, 3.63) is 71.5 Å². The third-order valence-electron chi connectivity index (χ3n) is 3.87. The third-order valence-corrected chi connectivity index (χ3v) is 4.81. The van der Waals surface area contributed by atoms with Crippen molar-refractivity contribution in [3.8, 4) is 10.6 Å². The third kappa shape index (κ3) is 5.50. The van der Waals surface area contributed by atoms with Crippen molar-refractivity contribution in [2.45, 2.75) is 25.7 Å². The van der Waals surface area contributed by atoms with Gasteiger partial charge in [0, 0.05) is 42.7 Å². The van der Waals surface area contributed by atoms with Crippen LogP contribution in [0, 0.1) is 0 Å². The smallest absolute Gasteiger partial charge is 0.220 e. The van der Waals surface area contributed by atoms with Crippen LogP contribution in [-0.4, -0.2) is 22.4 Å². The predicted octanol–water partition coefficient (Wildman–Crippen LogP) is 3.89. The van der Waals surface area contributed by atoms with Crippen molar-refractivity contribution in [1.82, 2.24) is 15.3 Å². The number of thiazole rings is 1. The highest BCUT2D eigenvalue weighted by molar-refractivity contribution is 7.13. The van der Waals surface area contributed by atoms with Crippen LogP contribution in [0.3, 0.4) is 0 Å². The lowest BCUT2D eigenvalue weighted by atomic mass is 10.1. The van der Waals surface area contributed by atoms with Crippen molar-refractivity contribution in [1.29, 1.82) is 0 Å². The molecule has 2 aromatic heterocycles. The minimum Gasteiger partial charge on any atom is -0.356 e. The summed E-state index contributed by atoms with van der Waals surface area (Å²) in [5.74, 6) is 0.0994. The Balaban J connectivity index is 1.36. The Labute approximate surface area is 152 Å². The van der Waals surface area contributed by atoms with E-state index in [1.165, 1.54) is 5.56 Å². The summed E-state index contributed by atoms with van der Waals surface area (Å²) in [5.41, 5.74) is 3.34. The van der Waals surface area contributed by atoms with Gasteiger partial charge in [0.1, 0.15) is 5.01 Å². The van der Waals surface area contributed by atoms with Gasteiger partial charge < -0.3 is 5.32 Å². The maximum absolute atomic E-state index is 11.9. The second-order valence-corrected chi connectivity index (χ2v) is 6.68. The number of carbonyl (C=O) groups is 1. The molecule has 0 spiro atoms. The van der Waals surface area contributed by atoms with E-state index < -0.39 is 0 Å². The minimum atomic E-state index is 0.0994. The monoisotopic (exact) mass is 351 g/mol. The average Bonchev–Trinajstić information content (AvgIpc) is 3.12. The second-order valence-electron chi connectivity index (χ2n) is 5.82. The molecule has 1 aromatic carbocycles. The van der Waals surface area contributed by atoms with Crippen molar-refractivity contribution in [2.24, 2.45) is 0 Å². The molecule has 0 aliphatic carbocycles. The molecule has 1 N–H and O–H groups in total. The lowest BCUT2D eigenvalue weighted by molar-refractivity contribution is -0.121. The summed E-state index contributed by atoms with van der Waals surface area (Å²) in [6, 6.07) is 14.1. The van der Waals surface area contributed by atoms with Crippen LogP contribution in [0.4, 0.5) is 0 Å². The minimum absolute atomic E-state index is 0.0994. The molecule has 5 heteroatoms. The summed E-state index contributed by atoms with van der Waals surface area (Å²) >= 11 is 1.64. The Hall–Kier alpha value is -2.53. The number of benzene rings is 1. The van der Waals surface area contributed by atoms with Crippen LogP contribution in [0.5, 0.6) is 0 Å². The van der Waals surface area contributed by atoms with E-state index >= 15 is 0 Å². The highest BCUT2D eigenvalue weighted by atomic mass is 32.1. The number of hydrogen-bond donors (Lipinski definition) is 1. The first-order valence-electron chi connectivity index (χ1n) is 8.47. The summed E-state index contributed by atoms with van der Waals surface area (Å²) in [5, 5.41) is 6.07. The molecular formula is C20H21N3OS. The van der Waals surface area contributed by atoms with Crippen LogP contribution in [-0.2, 0) is 17.6 Å². The maximum atomic E-state index is 11.9. The van der Waals surface area contributed by atoms with Gasteiger partial charge in [0.05, 0.1) is 5.69 Å². The predicted molar refractivity (Wildman–Crippen MR) is 101 cm³/mol. The molecule has 0 aliphatic rings. The fraction of sp³-hybridized carbons (Fsp3) is 0.250. The average molecular weight is 351 g/mol. The number of pyridine rings is 1. The molecule has 3 rings (SSSR count). The van der Waals surface area contributed by atoms with Crippen molar-refractivity contribution >= 4 is 17.2 Å². The highest BCUT2D eigenvalue weighted by Crippen LogP contribution is 2.23. The SMILES string of the molecule is O=C(CCCc1cccnc1)NCCc1csc(-c2ccccc2)n1. The topological polar surface area (TPSA) is 54.9 Å². The lowest BCUT2D eigenvalue weighted by Gasteiger charge is -2.04. The molecule has 1 amide bonds. The van der Waals surface area contributed by atoms with E-state index in [4.69, 9.17) is 0 Å². The molecule has 0 saturated carbocycles. The fourth-order valence-electron chi connectivity index (χ4n) is 2.55. The van der Waals surface area contributed by atoms with Crippen LogP contribution in [0.25, 0.3) is 10.6 Å². The van der Waals surface area contributed by atoms with Crippen LogP contribution in [0.15, 0.2) is 60.2 Å². The van der Waals surface area contributed by atoms with Crippen LogP contribution >= 0.6 is 11.3 Å². The van der Waals surface area contributed by atoms with Gasteiger partial charge in [0.15, 0.2) is 0 Å². The molecule has 0 atom stereocenters. The number of amides is 1. The molecule has 25 heavy (non-hydrogen) atoms. The first-order valence-corrected chi connectivity index (χ1v) is 9.34. The molecular weight excluding hydrogens is 330 g/mol. The summed E-state index contributed by atoms with van der Waals surface area (Å²) in [4.78, 5) is 20.6. The Bertz CT molecular complexity index is 787. The number of hydrogen-bond acceptors (Lipinski definition) is 4. The molecule has 0 bridgehead atoms. The van der Waals surface area contributed by atoms with Gasteiger partial charge in [-0.3, -0.25) is 9.78 Å². The van der Waals surface area contributed by atoms with E-state index in [1.54, 1.807) is 17.5 Å². The molecule has 0 radical (unpaired) electrons. The van der Waals surface area contributed by atoms with Crippen LogP contribution in [0.1, 0.15) is 24.1 Å². The van der Waals surface area contributed by atoms with Gasteiger partial charge in [-0.15, -0.1) is 11.3 Å². The van der Waals surface area contributed by atoms with E-state index in [0.29, 0.717) is 13.0 Å². The van der Waals surface area contributed by atoms with Crippen molar-refractivity contribution in [2.75, 3.05) is 6.54 Å². The van der Waals surface area contributed by atoms with Gasteiger partial charge in [-0.2, -0.15) is 0 Å². The molecule has 0 saturated heterocycles. The molecule has 4 nitrogen and oxygen atoms in total. The summed E-state index contributed by atoms with van der Waals surface area (Å²) in [6.45, 7) is 0.629. The van der Waals surface area contributed by atoms with E-state index in [2.05, 4.69) is 32.8 Å². The molecule has 3 aromatic rings. The summed E-state index contributed by atoms with van der Waals surface area (Å²) < 4.78 is 0. The maximum Gasteiger partial charge on any atom is 0.220 e. The highest BCUT2D eigenvalue weighted by Gasteiger charge is 2.06. The second kappa shape index (κ2) is 9.08. The van der Waals surface area contributed by atoms with Gasteiger partial charge in [-0.25, -0.2) is 4.98 Å². The van der Waals surface area contributed by atoms with Crippen LogP contribution in [0.2, 0.25) is 0 Å². The number of nitrogens with one attached hydrogen (secondary N) is 1. The Kier molecular flexibility index (Phi) is 6.29. The molecule has 0 fully saturated rings. The van der Waals surface area contributed by atoms with Gasteiger partial charge >= 0.3 is 0 Å². The molecule has 0 aliphatic heterocycles. The van der Waals surface area contributed by atoms with Crippen molar-refractivity contribution in [3.63, 3.8) is 0 Å². The molecule has 2 heterocycles. The quantitative estimate of drug-likeness (QED) is 0.670. The van der Waals surface area contributed by atoms with Gasteiger partial charge in [0.25, 0.3) is 0 Å². The Morgan fingerprint density at radius 2 is 1.96 bits per heavy atom. The zero-order chi connectivity index (χ0) is 17.3.